The van der Waals surface area contributed by atoms with Gasteiger partial charge in [-0.1, -0.05) is 26.1 Å². The maximum absolute atomic E-state index is 3.39. The summed E-state index contributed by atoms with van der Waals surface area (Å²) in [6.07, 6.45) is 3.82. The first kappa shape index (κ1) is 8.02. The lowest BCUT2D eigenvalue weighted by Gasteiger charge is -1.91. The van der Waals surface area contributed by atoms with Gasteiger partial charge in [0, 0.05) is 0 Å². The molecule has 0 aliphatic carbocycles. The third-order valence-electron chi connectivity index (χ3n) is 0.776. The fourth-order valence-corrected chi connectivity index (χ4v) is 1.01. The smallest absolute Gasteiger partial charge is 0.139 e. The molecule has 0 aromatic heterocycles. The van der Waals surface area contributed by atoms with Crippen LogP contribution in [-0.2, 0) is 0 Å². The number of rotatable bonds is 3. The van der Waals surface area contributed by atoms with Gasteiger partial charge in [0.25, 0.3) is 4.36 Å². The molecular formula is C4H9BBr2. The molecule has 0 spiro atoms. The maximum atomic E-state index is 3.39. The number of hydrogen-bond donors (Lipinski definition) is 0. The second-order valence-corrected chi connectivity index (χ2v) is 4.97. The predicted octanol–water partition coefficient (Wildman–Crippen LogP) is 3.06. The molecule has 0 amide bonds. The largest absolute Gasteiger partial charge is 0.298 e. The summed E-state index contributed by atoms with van der Waals surface area (Å²) in [5.41, 5.74) is 0. The summed E-state index contributed by atoms with van der Waals surface area (Å²) in [4.78, 5) is 0. The Balaban J connectivity index is 2.68. The molecule has 0 saturated heterocycles. The fraction of sp³-hybridized carbons (Fsp3) is 1.00. The van der Waals surface area contributed by atoms with Gasteiger partial charge in [0.1, 0.15) is 0 Å². The van der Waals surface area contributed by atoms with E-state index in [-0.39, 0.29) is 0 Å². The summed E-state index contributed by atoms with van der Waals surface area (Å²) in [6, 6.07) is 0. The number of hydrogen-bond acceptors (Lipinski definition) is 0. The molecule has 0 nitrogen and oxygen atoms in total. The van der Waals surface area contributed by atoms with E-state index in [1.807, 2.05) is 0 Å². The lowest BCUT2D eigenvalue weighted by atomic mass is 10.00. The first-order valence-electron chi connectivity index (χ1n) is 2.55. The van der Waals surface area contributed by atoms with Gasteiger partial charge >= 0.3 is 0 Å². The van der Waals surface area contributed by atoms with Crippen LogP contribution in [0.1, 0.15) is 19.8 Å². The molecule has 3 heteroatoms. The fourth-order valence-electron chi connectivity index (χ4n) is 0.358. The standard InChI is InChI=1S/C4H9BBr2/c1-2-3-4-5(6)7/h2-4H2,1H3. The molecule has 42 valence electrons. The highest BCUT2D eigenvalue weighted by molar-refractivity contribution is 9.49. The topological polar surface area (TPSA) is 0 Å². The minimum absolute atomic E-state index is 0.528. The van der Waals surface area contributed by atoms with Crippen molar-refractivity contribution in [2.75, 3.05) is 0 Å². The second kappa shape index (κ2) is 5.17. The minimum atomic E-state index is 0.528. The van der Waals surface area contributed by atoms with Crippen LogP contribution in [0.5, 0.6) is 0 Å². The zero-order chi connectivity index (χ0) is 5.70. The molecule has 0 aromatic rings. The normalized spacial score (nSPS) is 9.00. The van der Waals surface area contributed by atoms with E-state index in [9.17, 15) is 0 Å². The zero-order valence-electron chi connectivity index (χ0n) is 4.45. The monoisotopic (exact) mass is 226 g/mol. The van der Waals surface area contributed by atoms with Gasteiger partial charge in [-0.15, -0.1) is 31.5 Å². The molecule has 0 heterocycles. The van der Waals surface area contributed by atoms with E-state index >= 15 is 0 Å². The van der Waals surface area contributed by atoms with E-state index in [1.54, 1.807) is 0 Å². The van der Waals surface area contributed by atoms with Gasteiger partial charge in [-0.05, 0) is 0 Å². The summed E-state index contributed by atoms with van der Waals surface area (Å²) in [7, 11) is 0. The SMILES string of the molecule is CCCCB(Br)Br. The van der Waals surface area contributed by atoms with Gasteiger partial charge in [-0.3, -0.25) is 0 Å². The maximum Gasteiger partial charge on any atom is 0.298 e. The lowest BCUT2D eigenvalue weighted by Crippen LogP contribution is -1.86. The van der Waals surface area contributed by atoms with Crippen molar-refractivity contribution in [1.29, 1.82) is 0 Å². The van der Waals surface area contributed by atoms with E-state index in [2.05, 4.69) is 38.4 Å². The molecule has 0 radical (unpaired) electrons. The van der Waals surface area contributed by atoms with Crippen molar-refractivity contribution in [2.24, 2.45) is 0 Å². The first-order chi connectivity index (χ1) is 3.27. The van der Waals surface area contributed by atoms with Crippen molar-refractivity contribution in [3.63, 3.8) is 0 Å². The summed E-state index contributed by atoms with van der Waals surface area (Å²) in [6.45, 7) is 2.20. The highest BCUT2D eigenvalue weighted by Crippen LogP contribution is 2.11. The van der Waals surface area contributed by atoms with Crippen molar-refractivity contribution < 1.29 is 0 Å². The Morgan fingerprint density at radius 1 is 1.43 bits per heavy atom. The molecule has 0 aliphatic rings. The van der Waals surface area contributed by atoms with Crippen LogP contribution in [-0.4, -0.2) is 4.36 Å². The van der Waals surface area contributed by atoms with Crippen LogP contribution in [0.4, 0.5) is 0 Å². The minimum Gasteiger partial charge on any atom is -0.139 e. The quantitative estimate of drug-likeness (QED) is 0.651. The van der Waals surface area contributed by atoms with Crippen LogP contribution >= 0.6 is 31.5 Å². The van der Waals surface area contributed by atoms with E-state index in [0.29, 0.717) is 4.36 Å². The zero-order valence-corrected chi connectivity index (χ0v) is 7.63. The molecule has 0 aliphatic heterocycles. The molecule has 0 fully saturated rings. The van der Waals surface area contributed by atoms with Crippen LogP contribution < -0.4 is 0 Å². The van der Waals surface area contributed by atoms with Gasteiger partial charge < -0.3 is 0 Å². The van der Waals surface area contributed by atoms with Crippen LogP contribution in [0, 0.1) is 0 Å². The van der Waals surface area contributed by atoms with E-state index in [0.717, 1.165) is 0 Å². The van der Waals surface area contributed by atoms with Crippen molar-refractivity contribution in [1.82, 2.24) is 0 Å². The van der Waals surface area contributed by atoms with E-state index < -0.39 is 0 Å². The first-order valence-corrected chi connectivity index (χ1v) is 4.38. The van der Waals surface area contributed by atoms with Gasteiger partial charge in [-0.25, -0.2) is 0 Å². The Labute approximate surface area is 62.1 Å². The van der Waals surface area contributed by atoms with Crippen molar-refractivity contribution in [3.05, 3.63) is 0 Å². The van der Waals surface area contributed by atoms with Gasteiger partial charge in [0.15, 0.2) is 0 Å². The highest BCUT2D eigenvalue weighted by Gasteiger charge is 1.99. The van der Waals surface area contributed by atoms with Crippen LogP contribution in [0.3, 0.4) is 0 Å². The van der Waals surface area contributed by atoms with E-state index in [1.165, 1.54) is 19.2 Å². The molecule has 0 rings (SSSR count). The molecule has 7 heavy (non-hydrogen) atoms. The summed E-state index contributed by atoms with van der Waals surface area (Å²) < 4.78 is 0.528. The molecule has 0 aromatic carbocycles. The van der Waals surface area contributed by atoms with Gasteiger partial charge in [-0.2, -0.15) is 0 Å². The van der Waals surface area contributed by atoms with Crippen LogP contribution in [0.2, 0.25) is 6.32 Å². The summed E-state index contributed by atoms with van der Waals surface area (Å²) >= 11 is 6.78. The highest BCUT2D eigenvalue weighted by atomic mass is 79.9. The van der Waals surface area contributed by atoms with Crippen molar-refractivity contribution in [2.45, 2.75) is 26.1 Å². The molecule has 0 atom stereocenters. The third-order valence-corrected chi connectivity index (χ3v) is 1.69. The Bertz CT molecular complexity index is 38.7. The lowest BCUT2D eigenvalue weighted by molar-refractivity contribution is 0.882. The number of unbranched alkanes of at least 4 members (excludes halogenated alkanes) is 1. The Kier molecular flexibility index (Phi) is 5.92. The molecule has 0 saturated carbocycles. The van der Waals surface area contributed by atoms with Crippen LogP contribution in [0.15, 0.2) is 0 Å². The second-order valence-electron chi connectivity index (χ2n) is 1.53. The average Bonchev–Trinajstić information content (AvgIpc) is 1.61. The Morgan fingerprint density at radius 2 is 2.00 bits per heavy atom. The Morgan fingerprint density at radius 3 is 2.14 bits per heavy atom. The van der Waals surface area contributed by atoms with Gasteiger partial charge in [0.2, 0.25) is 0 Å². The predicted molar refractivity (Wildman–Crippen MR) is 43.3 cm³/mol. The van der Waals surface area contributed by atoms with Gasteiger partial charge in [0.05, 0.1) is 0 Å². The summed E-state index contributed by atoms with van der Waals surface area (Å²) in [5.74, 6) is 0. The van der Waals surface area contributed by atoms with Crippen molar-refractivity contribution >= 4 is 35.9 Å². The van der Waals surface area contributed by atoms with Crippen molar-refractivity contribution in [3.8, 4) is 0 Å². The molecule has 0 unspecified atom stereocenters. The molecular weight excluding hydrogens is 219 g/mol. The van der Waals surface area contributed by atoms with Crippen LogP contribution in [0.25, 0.3) is 0 Å². The Hall–Kier alpha value is 1.02. The number of halogens is 2. The summed E-state index contributed by atoms with van der Waals surface area (Å²) in [5, 5.41) is 0. The molecule has 0 bridgehead atoms. The molecule has 0 N–H and O–H groups in total. The third kappa shape index (κ3) is 7.02. The average molecular weight is 228 g/mol. The van der Waals surface area contributed by atoms with E-state index in [4.69, 9.17) is 0 Å².